The number of allylic oxidation sites excluding steroid dienone is 4. The Bertz CT molecular complexity index is 316. The minimum absolute atomic E-state index is 0.614. The van der Waals surface area contributed by atoms with Gasteiger partial charge >= 0.3 is 0 Å². The van der Waals surface area contributed by atoms with Crippen LogP contribution in [0.25, 0.3) is 0 Å². The molecule has 13 heavy (non-hydrogen) atoms. The molecule has 0 aromatic heterocycles. The average Bonchev–Trinajstić information content (AvgIpc) is 2.62. The van der Waals surface area contributed by atoms with Crippen LogP contribution in [0.15, 0.2) is 48.6 Å². The summed E-state index contributed by atoms with van der Waals surface area (Å²) in [7, 11) is 0. The second-order valence-electron chi connectivity index (χ2n) is 3.62. The molecule has 1 aromatic carbocycles. The van der Waals surface area contributed by atoms with Gasteiger partial charge in [-0.2, -0.15) is 0 Å². The first-order valence-corrected chi connectivity index (χ1v) is 4.75. The van der Waals surface area contributed by atoms with E-state index in [4.69, 9.17) is 0 Å². The molecule has 0 heterocycles. The highest BCUT2D eigenvalue weighted by Gasteiger charge is 2.04. The van der Waals surface area contributed by atoms with Crippen molar-refractivity contribution in [2.24, 2.45) is 5.92 Å². The van der Waals surface area contributed by atoms with Crippen molar-refractivity contribution < 1.29 is 0 Å². The standard InChI is InChI=1S/C13H14/c1-11-6-8-13(9-7-11)10-12-4-2-3-5-12/h2-9,12H,10H2,1H3. The minimum atomic E-state index is 0.614. The van der Waals surface area contributed by atoms with Crippen LogP contribution < -0.4 is 0 Å². The van der Waals surface area contributed by atoms with Crippen LogP contribution in [-0.4, -0.2) is 0 Å². The zero-order valence-electron chi connectivity index (χ0n) is 7.90. The van der Waals surface area contributed by atoms with Crippen LogP contribution in [0.3, 0.4) is 0 Å². The van der Waals surface area contributed by atoms with Crippen molar-refractivity contribution >= 4 is 0 Å². The van der Waals surface area contributed by atoms with Gasteiger partial charge in [0.15, 0.2) is 0 Å². The number of rotatable bonds is 2. The van der Waals surface area contributed by atoms with Crippen molar-refractivity contribution in [1.82, 2.24) is 0 Å². The number of hydrogen-bond acceptors (Lipinski definition) is 0. The van der Waals surface area contributed by atoms with E-state index in [-0.39, 0.29) is 0 Å². The largest absolute Gasteiger partial charge is 0.0773 e. The Morgan fingerprint density at radius 3 is 2.23 bits per heavy atom. The molecule has 0 nitrogen and oxygen atoms in total. The molecule has 2 rings (SSSR count). The molecule has 1 aliphatic carbocycles. The molecular formula is C13H14. The summed E-state index contributed by atoms with van der Waals surface area (Å²) in [5.74, 6) is 0.614. The van der Waals surface area contributed by atoms with E-state index >= 15 is 0 Å². The Morgan fingerprint density at radius 1 is 1.00 bits per heavy atom. The highest BCUT2D eigenvalue weighted by atomic mass is 14.1. The molecule has 1 aliphatic rings. The quantitative estimate of drug-likeness (QED) is 0.639. The third-order valence-electron chi connectivity index (χ3n) is 2.42. The van der Waals surface area contributed by atoms with E-state index in [1.165, 1.54) is 11.1 Å². The Labute approximate surface area is 79.6 Å². The van der Waals surface area contributed by atoms with E-state index in [9.17, 15) is 0 Å². The van der Waals surface area contributed by atoms with Crippen molar-refractivity contribution in [2.45, 2.75) is 13.3 Å². The number of aryl methyl sites for hydroxylation is 1. The van der Waals surface area contributed by atoms with Crippen molar-refractivity contribution in [3.8, 4) is 0 Å². The lowest BCUT2D eigenvalue weighted by atomic mass is 10.0. The molecule has 0 saturated heterocycles. The fourth-order valence-corrected chi connectivity index (χ4v) is 1.61. The Morgan fingerprint density at radius 2 is 1.62 bits per heavy atom. The summed E-state index contributed by atoms with van der Waals surface area (Å²) in [6.45, 7) is 2.12. The lowest BCUT2D eigenvalue weighted by Crippen LogP contribution is -1.95. The fraction of sp³-hybridized carbons (Fsp3) is 0.231. The van der Waals surface area contributed by atoms with Crippen LogP contribution >= 0.6 is 0 Å². The summed E-state index contributed by atoms with van der Waals surface area (Å²) in [4.78, 5) is 0. The van der Waals surface area contributed by atoms with Crippen molar-refractivity contribution in [3.05, 3.63) is 59.7 Å². The van der Waals surface area contributed by atoms with Crippen molar-refractivity contribution in [2.75, 3.05) is 0 Å². The first kappa shape index (κ1) is 8.31. The van der Waals surface area contributed by atoms with Crippen LogP contribution in [0, 0.1) is 12.8 Å². The maximum Gasteiger partial charge on any atom is -0.000683 e. The van der Waals surface area contributed by atoms with Crippen LogP contribution in [0.2, 0.25) is 0 Å². The molecule has 0 atom stereocenters. The maximum absolute atomic E-state index is 2.25. The SMILES string of the molecule is Cc1ccc(CC2C=CC=C2)cc1. The van der Waals surface area contributed by atoms with Gasteiger partial charge in [-0.15, -0.1) is 0 Å². The van der Waals surface area contributed by atoms with Gasteiger partial charge in [0.25, 0.3) is 0 Å². The summed E-state index contributed by atoms with van der Waals surface area (Å²) >= 11 is 0. The van der Waals surface area contributed by atoms with E-state index in [0.29, 0.717) is 5.92 Å². The van der Waals surface area contributed by atoms with Crippen molar-refractivity contribution in [1.29, 1.82) is 0 Å². The van der Waals surface area contributed by atoms with Crippen LogP contribution in [-0.2, 0) is 6.42 Å². The zero-order chi connectivity index (χ0) is 9.10. The summed E-state index contributed by atoms with van der Waals surface area (Å²) in [6.07, 6.45) is 9.88. The van der Waals surface area contributed by atoms with Gasteiger partial charge < -0.3 is 0 Å². The molecule has 0 radical (unpaired) electrons. The van der Waals surface area contributed by atoms with Gasteiger partial charge in [-0.1, -0.05) is 54.1 Å². The van der Waals surface area contributed by atoms with Gasteiger partial charge in [-0.3, -0.25) is 0 Å². The van der Waals surface area contributed by atoms with E-state index < -0.39 is 0 Å². The zero-order valence-corrected chi connectivity index (χ0v) is 7.90. The second kappa shape index (κ2) is 3.61. The Kier molecular flexibility index (Phi) is 2.31. The first-order valence-electron chi connectivity index (χ1n) is 4.75. The third-order valence-corrected chi connectivity index (χ3v) is 2.42. The Balaban J connectivity index is 2.05. The monoisotopic (exact) mass is 170 g/mol. The van der Waals surface area contributed by atoms with Crippen LogP contribution in [0.5, 0.6) is 0 Å². The molecule has 66 valence electrons. The summed E-state index contributed by atoms with van der Waals surface area (Å²) < 4.78 is 0. The number of hydrogen-bond donors (Lipinski definition) is 0. The topological polar surface area (TPSA) is 0 Å². The van der Waals surface area contributed by atoms with Gasteiger partial charge in [0.1, 0.15) is 0 Å². The highest BCUT2D eigenvalue weighted by molar-refractivity contribution is 5.25. The van der Waals surface area contributed by atoms with Crippen LogP contribution in [0.4, 0.5) is 0 Å². The normalized spacial score (nSPS) is 15.5. The minimum Gasteiger partial charge on any atom is -0.0773 e. The molecule has 0 amide bonds. The fourth-order valence-electron chi connectivity index (χ4n) is 1.61. The number of benzene rings is 1. The first-order chi connectivity index (χ1) is 6.34. The van der Waals surface area contributed by atoms with Crippen molar-refractivity contribution in [3.63, 3.8) is 0 Å². The second-order valence-corrected chi connectivity index (χ2v) is 3.62. The van der Waals surface area contributed by atoms with Gasteiger partial charge in [0, 0.05) is 0 Å². The average molecular weight is 170 g/mol. The summed E-state index contributed by atoms with van der Waals surface area (Å²) in [6, 6.07) is 8.79. The predicted octanol–water partition coefficient (Wildman–Crippen LogP) is 3.28. The van der Waals surface area contributed by atoms with Gasteiger partial charge in [0.2, 0.25) is 0 Å². The Hall–Kier alpha value is -1.30. The molecule has 1 aromatic rings. The van der Waals surface area contributed by atoms with Gasteiger partial charge in [0.05, 0.1) is 0 Å². The van der Waals surface area contributed by atoms with E-state index in [1.807, 2.05) is 0 Å². The van der Waals surface area contributed by atoms with E-state index in [2.05, 4.69) is 55.5 Å². The molecule has 0 N–H and O–H groups in total. The van der Waals surface area contributed by atoms with E-state index in [0.717, 1.165) is 6.42 Å². The van der Waals surface area contributed by atoms with Crippen LogP contribution in [0.1, 0.15) is 11.1 Å². The molecule has 0 spiro atoms. The molecule has 0 aliphatic heterocycles. The lowest BCUT2D eigenvalue weighted by molar-refractivity contribution is 0.816. The molecular weight excluding hydrogens is 156 g/mol. The third kappa shape index (κ3) is 2.09. The lowest BCUT2D eigenvalue weighted by Gasteiger charge is -2.05. The summed E-state index contributed by atoms with van der Waals surface area (Å²) in [5.41, 5.74) is 2.76. The molecule has 0 heteroatoms. The smallest absolute Gasteiger partial charge is 0.000683 e. The molecule has 0 unspecified atom stereocenters. The maximum atomic E-state index is 2.25. The van der Waals surface area contributed by atoms with Gasteiger partial charge in [-0.25, -0.2) is 0 Å². The molecule has 0 bridgehead atoms. The van der Waals surface area contributed by atoms with E-state index in [1.54, 1.807) is 0 Å². The predicted molar refractivity (Wildman–Crippen MR) is 56.7 cm³/mol. The molecule has 0 fully saturated rings. The highest BCUT2D eigenvalue weighted by Crippen LogP contribution is 2.15. The summed E-state index contributed by atoms with van der Waals surface area (Å²) in [5, 5.41) is 0. The molecule has 0 saturated carbocycles. The van der Waals surface area contributed by atoms with Gasteiger partial charge in [-0.05, 0) is 24.8 Å².